The largest absolute Gasteiger partial charge is 0.346 e. The molecule has 67 valence electrons. The predicted molar refractivity (Wildman–Crippen MR) is 49.6 cm³/mol. The van der Waals surface area contributed by atoms with Gasteiger partial charge in [-0.05, 0) is 26.0 Å². The topological polar surface area (TPSA) is 18.5 Å². The molecule has 0 unspecified atom stereocenters. The van der Waals surface area contributed by atoms with Gasteiger partial charge in [-0.15, -0.1) is 0 Å². The zero-order valence-electron chi connectivity index (χ0n) is 7.30. The lowest BCUT2D eigenvalue weighted by Crippen LogP contribution is -2.08. The van der Waals surface area contributed by atoms with Crippen molar-refractivity contribution in [3.63, 3.8) is 0 Å². The monoisotopic (exact) mass is 177 g/mol. The minimum atomic E-state index is 0.682. The number of rotatable bonds is 7. The van der Waals surface area contributed by atoms with Crippen molar-refractivity contribution in [2.45, 2.75) is 26.7 Å². The molecule has 0 aromatic rings. The molecule has 3 heteroatoms. The molecule has 0 N–H and O–H groups in total. The average molecular weight is 177 g/mol. The van der Waals surface area contributed by atoms with Crippen molar-refractivity contribution in [1.82, 2.24) is 0 Å². The SMILES string of the molecule is CCO[C](CCCS)OCC. The zero-order valence-corrected chi connectivity index (χ0v) is 8.19. The Morgan fingerprint density at radius 1 is 1.18 bits per heavy atom. The lowest BCUT2D eigenvalue weighted by atomic mass is 10.3. The summed E-state index contributed by atoms with van der Waals surface area (Å²) in [6, 6.07) is 0. The Balaban J connectivity index is 3.34. The van der Waals surface area contributed by atoms with E-state index in [1.54, 1.807) is 0 Å². The summed E-state index contributed by atoms with van der Waals surface area (Å²) in [7, 11) is 0. The van der Waals surface area contributed by atoms with Gasteiger partial charge in [0.25, 0.3) is 0 Å². The van der Waals surface area contributed by atoms with E-state index < -0.39 is 0 Å². The number of hydrogen-bond donors (Lipinski definition) is 1. The third kappa shape index (κ3) is 6.66. The first-order valence-electron chi connectivity index (χ1n) is 4.07. The zero-order chi connectivity index (χ0) is 8.53. The molecular formula is C8H17O2S. The van der Waals surface area contributed by atoms with E-state index in [2.05, 4.69) is 12.6 Å². The van der Waals surface area contributed by atoms with Crippen LogP contribution in [-0.2, 0) is 9.47 Å². The van der Waals surface area contributed by atoms with E-state index in [1.807, 2.05) is 13.8 Å². The Kier molecular flexibility index (Phi) is 8.57. The molecular weight excluding hydrogens is 160 g/mol. The first-order chi connectivity index (χ1) is 5.35. The molecule has 0 aliphatic carbocycles. The molecule has 0 atom stereocenters. The van der Waals surface area contributed by atoms with Gasteiger partial charge in [0, 0.05) is 19.6 Å². The van der Waals surface area contributed by atoms with Gasteiger partial charge in [-0.1, -0.05) is 0 Å². The highest BCUT2D eigenvalue weighted by atomic mass is 32.1. The number of ether oxygens (including phenoxy) is 2. The summed E-state index contributed by atoms with van der Waals surface area (Å²) < 4.78 is 10.5. The van der Waals surface area contributed by atoms with E-state index in [1.165, 1.54) is 0 Å². The molecule has 0 aliphatic rings. The van der Waals surface area contributed by atoms with Crippen LogP contribution in [0.25, 0.3) is 0 Å². The summed E-state index contributed by atoms with van der Waals surface area (Å²) in [5.74, 6) is 0.879. The van der Waals surface area contributed by atoms with Crippen molar-refractivity contribution in [3.05, 3.63) is 6.29 Å². The third-order valence-electron chi connectivity index (χ3n) is 1.15. The first kappa shape index (κ1) is 11.3. The van der Waals surface area contributed by atoms with Crippen molar-refractivity contribution in [3.8, 4) is 0 Å². The molecule has 0 fully saturated rings. The lowest BCUT2D eigenvalue weighted by molar-refractivity contribution is -0.0424. The second-order valence-electron chi connectivity index (χ2n) is 2.07. The van der Waals surface area contributed by atoms with Crippen LogP contribution in [0.5, 0.6) is 0 Å². The third-order valence-corrected chi connectivity index (χ3v) is 1.47. The Bertz CT molecular complexity index is 72.5. The summed E-state index contributed by atoms with van der Waals surface area (Å²) >= 11 is 4.11. The molecule has 1 radical (unpaired) electrons. The summed E-state index contributed by atoms with van der Waals surface area (Å²) in [6.45, 7) is 5.28. The molecule has 0 spiro atoms. The van der Waals surface area contributed by atoms with E-state index in [0.717, 1.165) is 24.9 Å². The van der Waals surface area contributed by atoms with Gasteiger partial charge in [-0.2, -0.15) is 12.6 Å². The minimum Gasteiger partial charge on any atom is -0.346 e. The van der Waals surface area contributed by atoms with Crippen molar-refractivity contribution in [2.24, 2.45) is 0 Å². The normalized spacial score (nSPS) is 10.9. The second-order valence-corrected chi connectivity index (χ2v) is 2.51. The van der Waals surface area contributed by atoms with Gasteiger partial charge >= 0.3 is 0 Å². The van der Waals surface area contributed by atoms with E-state index in [0.29, 0.717) is 13.2 Å². The molecule has 11 heavy (non-hydrogen) atoms. The first-order valence-corrected chi connectivity index (χ1v) is 4.70. The molecule has 0 rings (SSSR count). The van der Waals surface area contributed by atoms with E-state index in [-0.39, 0.29) is 0 Å². The summed E-state index contributed by atoms with van der Waals surface area (Å²) in [5, 5.41) is 0. The fourth-order valence-electron chi connectivity index (χ4n) is 0.731. The predicted octanol–water partition coefficient (Wildman–Crippen LogP) is 2.26. The Morgan fingerprint density at radius 3 is 2.09 bits per heavy atom. The van der Waals surface area contributed by atoms with Crippen LogP contribution < -0.4 is 0 Å². The summed E-state index contributed by atoms with van der Waals surface area (Å²) in [6.07, 6.45) is 2.63. The highest BCUT2D eigenvalue weighted by Gasteiger charge is 2.08. The average Bonchev–Trinajstić information content (AvgIpc) is 2.01. The summed E-state index contributed by atoms with van der Waals surface area (Å²) in [4.78, 5) is 0. The van der Waals surface area contributed by atoms with Gasteiger partial charge in [0.1, 0.15) is 0 Å². The van der Waals surface area contributed by atoms with Crippen LogP contribution in [0.1, 0.15) is 26.7 Å². The quantitative estimate of drug-likeness (QED) is 0.601. The molecule has 0 aliphatic heterocycles. The minimum absolute atomic E-state index is 0.682. The van der Waals surface area contributed by atoms with Crippen LogP contribution in [0.15, 0.2) is 0 Å². The van der Waals surface area contributed by atoms with Crippen molar-refractivity contribution >= 4 is 12.6 Å². The highest BCUT2D eigenvalue weighted by Crippen LogP contribution is 2.12. The standard InChI is InChI=1S/C8H17O2S/c1-3-9-8(10-4-2)6-5-7-11/h11H,3-7H2,1-2H3. The highest BCUT2D eigenvalue weighted by molar-refractivity contribution is 7.80. The van der Waals surface area contributed by atoms with Crippen molar-refractivity contribution in [1.29, 1.82) is 0 Å². The number of hydrogen-bond acceptors (Lipinski definition) is 3. The van der Waals surface area contributed by atoms with E-state index in [4.69, 9.17) is 9.47 Å². The second kappa shape index (κ2) is 8.37. The fraction of sp³-hybridized carbons (Fsp3) is 0.875. The number of thiol groups is 1. The molecule has 0 bridgehead atoms. The lowest BCUT2D eigenvalue weighted by Gasteiger charge is -2.13. The van der Waals surface area contributed by atoms with Gasteiger partial charge in [0.2, 0.25) is 6.29 Å². The van der Waals surface area contributed by atoms with Crippen LogP contribution in [0.2, 0.25) is 0 Å². The molecule has 0 aromatic carbocycles. The van der Waals surface area contributed by atoms with Crippen molar-refractivity contribution < 1.29 is 9.47 Å². The Hall–Kier alpha value is 0.270. The molecule has 0 saturated carbocycles. The van der Waals surface area contributed by atoms with Gasteiger partial charge < -0.3 is 9.47 Å². The van der Waals surface area contributed by atoms with Crippen molar-refractivity contribution in [2.75, 3.05) is 19.0 Å². The maximum absolute atomic E-state index is 5.24. The van der Waals surface area contributed by atoms with Crippen LogP contribution in [-0.4, -0.2) is 19.0 Å². The summed E-state index contributed by atoms with van der Waals surface area (Å²) in [5.41, 5.74) is 0. The Labute approximate surface area is 74.7 Å². The van der Waals surface area contributed by atoms with Gasteiger partial charge in [0.15, 0.2) is 0 Å². The van der Waals surface area contributed by atoms with Crippen LogP contribution in [0.3, 0.4) is 0 Å². The smallest absolute Gasteiger partial charge is 0.223 e. The van der Waals surface area contributed by atoms with Crippen LogP contribution in [0.4, 0.5) is 0 Å². The van der Waals surface area contributed by atoms with Gasteiger partial charge in [-0.3, -0.25) is 0 Å². The van der Waals surface area contributed by atoms with Crippen LogP contribution in [0, 0.1) is 6.29 Å². The van der Waals surface area contributed by atoms with E-state index >= 15 is 0 Å². The van der Waals surface area contributed by atoms with Gasteiger partial charge in [0.05, 0.1) is 0 Å². The molecule has 0 aromatic heterocycles. The van der Waals surface area contributed by atoms with Gasteiger partial charge in [-0.25, -0.2) is 0 Å². The maximum Gasteiger partial charge on any atom is 0.223 e. The fourth-order valence-corrected chi connectivity index (χ4v) is 0.889. The van der Waals surface area contributed by atoms with E-state index in [9.17, 15) is 0 Å². The Morgan fingerprint density at radius 2 is 1.73 bits per heavy atom. The molecule has 0 saturated heterocycles. The van der Waals surface area contributed by atoms with Crippen LogP contribution >= 0.6 is 12.6 Å². The molecule has 0 heterocycles. The molecule has 0 amide bonds. The maximum atomic E-state index is 5.24. The molecule has 2 nitrogen and oxygen atoms in total.